The summed E-state index contributed by atoms with van der Waals surface area (Å²) < 4.78 is 4.54. The van der Waals surface area contributed by atoms with E-state index in [2.05, 4.69) is 12.6 Å². The first kappa shape index (κ1) is 25.0. The van der Waals surface area contributed by atoms with E-state index >= 15 is 0 Å². The van der Waals surface area contributed by atoms with Crippen LogP contribution >= 0.6 is 12.6 Å². The Labute approximate surface area is 179 Å². The molecule has 0 aromatic heterocycles. The lowest BCUT2D eigenvalue weighted by atomic mass is 10.0. The molecule has 0 aliphatic carbocycles. The van der Waals surface area contributed by atoms with E-state index < -0.39 is 34.3 Å². The van der Waals surface area contributed by atoms with Crippen LogP contribution in [0.5, 0.6) is 0 Å². The van der Waals surface area contributed by atoms with Crippen LogP contribution in [-0.2, 0) is 14.3 Å². The Bertz CT molecular complexity index is 781. The lowest BCUT2D eigenvalue weighted by Gasteiger charge is -2.35. The summed E-state index contributed by atoms with van der Waals surface area (Å²) in [5.74, 6) is -0.991. The zero-order chi connectivity index (χ0) is 22.7. The van der Waals surface area contributed by atoms with E-state index in [1.165, 1.54) is 11.8 Å². The summed E-state index contributed by atoms with van der Waals surface area (Å²) in [4.78, 5) is 40.3. The SMILES string of the molecule is CC(=O)N(CN(C(=O)[C@H](N)C(C)(C)S)c1cccc(C)c1C)C(=O)OC(C)(C)C. The molecule has 0 aliphatic rings. The zero-order valence-corrected chi connectivity index (χ0v) is 19.5. The molecule has 0 spiro atoms. The number of amides is 3. The number of thiol groups is 1. The lowest BCUT2D eigenvalue weighted by molar-refractivity contribution is -0.128. The molecule has 7 nitrogen and oxygen atoms in total. The fourth-order valence-corrected chi connectivity index (χ4v) is 2.62. The van der Waals surface area contributed by atoms with E-state index in [9.17, 15) is 14.4 Å². The number of imide groups is 1. The van der Waals surface area contributed by atoms with E-state index in [0.29, 0.717) is 5.69 Å². The van der Waals surface area contributed by atoms with Gasteiger partial charge in [-0.1, -0.05) is 12.1 Å². The number of anilines is 1. The van der Waals surface area contributed by atoms with Crippen LogP contribution in [0.15, 0.2) is 18.2 Å². The molecule has 1 aromatic rings. The summed E-state index contributed by atoms with van der Waals surface area (Å²) >= 11 is 4.43. The highest BCUT2D eigenvalue weighted by Gasteiger charge is 2.36. The van der Waals surface area contributed by atoms with Crippen molar-refractivity contribution in [2.24, 2.45) is 5.73 Å². The summed E-state index contributed by atoms with van der Waals surface area (Å²) in [7, 11) is 0. The van der Waals surface area contributed by atoms with Crippen molar-refractivity contribution in [3.63, 3.8) is 0 Å². The van der Waals surface area contributed by atoms with Crippen molar-refractivity contribution in [3.05, 3.63) is 29.3 Å². The minimum atomic E-state index is -0.960. The molecular weight excluding hydrogens is 390 g/mol. The van der Waals surface area contributed by atoms with Gasteiger partial charge < -0.3 is 10.5 Å². The summed E-state index contributed by atoms with van der Waals surface area (Å²) in [6.45, 7) is 13.3. The van der Waals surface area contributed by atoms with Gasteiger partial charge >= 0.3 is 6.09 Å². The van der Waals surface area contributed by atoms with E-state index in [1.54, 1.807) is 46.8 Å². The van der Waals surface area contributed by atoms with Crippen LogP contribution in [0, 0.1) is 13.8 Å². The van der Waals surface area contributed by atoms with Crippen molar-refractivity contribution in [2.75, 3.05) is 11.6 Å². The Kier molecular flexibility index (Phi) is 7.90. The first-order valence-corrected chi connectivity index (χ1v) is 9.87. The van der Waals surface area contributed by atoms with E-state index in [-0.39, 0.29) is 6.67 Å². The molecule has 0 heterocycles. The quantitative estimate of drug-likeness (QED) is 0.559. The second-order valence-corrected chi connectivity index (χ2v) is 9.84. The van der Waals surface area contributed by atoms with Gasteiger partial charge in [0.15, 0.2) is 0 Å². The Morgan fingerprint density at radius 2 is 1.69 bits per heavy atom. The molecule has 0 aliphatic heterocycles. The molecule has 0 fully saturated rings. The largest absolute Gasteiger partial charge is 0.443 e. The summed E-state index contributed by atoms with van der Waals surface area (Å²) in [6, 6.07) is 4.52. The fraction of sp³-hybridized carbons (Fsp3) is 0.571. The third-order valence-corrected chi connectivity index (χ3v) is 4.72. The van der Waals surface area contributed by atoms with Gasteiger partial charge in [-0.25, -0.2) is 9.69 Å². The standard InChI is InChI=1S/C21H33N3O4S/c1-13-10-9-11-16(14(13)2)24(18(26)17(22)21(7,8)29)12-23(15(3)25)19(27)28-20(4,5)6/h9-11,17,29H,12,22H2,1-8H3/t17-/m0/s1. The third-order valence-electron chi connectivity index (χ3n) is 4.44. The maximum atomic E-state index is 13.3. The maximum absolute atomic E-state index is 13.3. The molecule has 2 N–H and O–H groups in total. The van der Waals surface area contributed by atoms with Crippen molar-refractivity contribution in [1.82, 2.24) is 4.90 Å². The van der Waals surface area contributed by atoms with Crippen LogP contribution in [0.1, 0.15) is 52.7 Å². The number of nitrogens with zero attached hydrogens (tertiary/aromatic N) is 2. The van der Waals surface area contributed by atoms with Crippen LogP contribution in [0.25, 0.3) is 0 Å². The summed E-state index contributed by atoms with van der Waals surface area (Å²) in [5.41, 5.74) is 7.75. The second kappa shape index (κ2) is 9.17. The monoisotopic (exact) mass is 423 g/mol. The van der Waals surface area contributed by atoms with Crippen molar-refractivity contribution in [3.8, 4) is 0 Å². The highest BCUT2D eigenvalue weighted by Crippen LogP contribution is 2.27. The number of carbonyl (C=O) groups is 3. The summed E-state index contributed by atoms with van der Waals surface area (Å²) in [5, 5.41) is 0. The Morgan fingerprint density at radius 1 is 1.14 bits per heavy atom. The first-order chi connectivity index (χ1) is 13.1. The number of hydrogen-bond donors (Lipinski definition) is 2. The van der Waals surface area contributed by atoms with Gasteiger partial charge in [0.05, 0.1) is 6.04 Å². The van der Waals surface area contributed by atoms with Gasteiger partial charge in [0.25, 0.3) is 0 Å². The highest BCUT2D eigenvalue weighted by molar-refractivity contribution is 7.81. The van der Waals surface area contributed by atoms with E-state index in [4.69, 9.17) is 10.5 Å². The Hall–Kier alpha value is -2.06. The van der Waals surface area contributed by atoms with Gasteiger partial charge in [0, 0.05) is 17.4 Å². The molecular formula is C21H33N3O4S. The average Bonchev–Trinajstić information content (AvgIpc) is 2.54. The molecule has 29 heavy (non-hydrogen) atoms. The topological polar surface area (TPSA) is 92.9 Å². The number of carbonyl (C=O) groups excluding carboxylic acids is 3. The van der Waals surface area contributed by atoms with Gasteiger partial charge in [-0.2, -0.15) is 12.6 Å². The van der Waals surface area contributed by atoms with Crippen molar-refractivity contribution in [1.29, 1.82) is 0 Å². The zero-order valence-electron chi connectivity index (χ0n) is 18.6. The number of nitrogens with two attached hydrogens (primary N) is 1. The molecule has 1 rings (SSSR count). The molecule has 162 valence electrons. The van der Waals surface area contributed by atoms with E-state index in [1.807, 2.05) is 19.9 Å². The van der Waals surface area contributed by atoms with Crippen LogP contribution < -0.4 is 10.6 Å². The second-order valence-electron chi connectivity index (χ2n) is 8.69. The predicted molar refractivity (Wildman–Crippen MR) is 118 cm³/mol. The van der Waals surface area contributed by atoms with Gasteiger partial charge in [-0.3, -0.25) is 14.5 Å². The van der Waals surface area contributed by atoms with Gasteiger partial charge in [0.1, 0.15) is 12.3 Å². The third kappa shape index (κ3) is 6.75. The Morgan fingerprint density at radius 3 is 2.14 bits per heavy atom. The normalized spacial score (nSPS) is 12.9. The minimum Gasteiger partial charge on any atom is -0.443 e. The predicted octanol–water partition coefficient (Wildman–Crippen LogP) is 3.41. The van der Waals surface area contributed by atoms with Crippen LogP contribution in [0.3, 0.4) is 0 Å². The minimum absolute atomic E-state index is 0.315. The first-order valence-electron chi connectivity index (χ1n) is 9.43. The molecule has 0 saturated heterocycles. The smallest absolute Gasteiger partial charge is 0.418 e. The van der Waals surface area contributed by atoms with Crippen molar-refractivity contribution < 1.29 is 19.1 Å². The molecule has 0 unspecified atom stereocenters. The van der Waals surface area contributed by atoms with Crippen LogP contribution in [0.2, 0.25) is 0 Å². The number of hydrogen-bond acceptors (Lipinski definition) is 6. The van der Waals surface area contributed by atoms with Gasteiger partial charge in [-0.15, -0.1) is 0 Å². The molecule has 1 aromatic carbocycles. The highest BCUT2D eigenvalue weighted by atomic mass is 32.1. The molecule has 0 bridgehead atoms. The van der Waals surface area contributed by atoms with Gasteiger partial charge in [-0.05, 0) is 65.7 Å². The molecule has 0 saturated carbocycles. The van der Waals surface area contributed by atoms with Crippen LogP contribution in [0.4, 0.5) is 10.5 Å². The van der Waals surface area contributed by atoms with Crippen LogP contribution in [-0.4, -0.2) is 45.9 Å². The number of aryl methyl sites for hydroxylation is 1. The molecule has 1 atom stereocenters. The maximum Gasteiger partial charge on any atom is 0.418 e. The van der Waals surface area contributed by atoms with Crippen molar-refractivity contribution >= 4 is 36.2 Å². The fourth-order valence-electron chi connectivity index (χ4n) is 2.51. The molecule has 8 heteroatoms. The Balaban J connectivity index is 3.43. The van der Waals surface area contributed by atoms with E-state index in [0.717, 1.165) is 16.0 Å². The van der Waals surface area contributed by atoms with Gasteiger partial charge in [0.2, 0.25) is 11.8 Å². The molecule has 0 radical (unpaired) electrons. The lowest BCUT2D eigenvalue weighted by Crippen LogP contribution is -2.56. The van der Waals surface area contributed by atoms with Crippen molar-refractivity contribution in [2.45, 2.75) is 71.8 Å². The average molecular weight is 424 g/mol. The number of ether oxygens (including phenoxy) is 1. The number of rotatable bonds is 5. The molecule has 3 amide bonds. The number of benzene rings is 1. The summed E-state index contributed by atoms with van der Waals surface area (Å²) in [6.07, 6.45) is -0.827.